The molecule has 0 aliphatic carbocycles. The number of alkyl halides is 6. The first kappa shape index (κ1) is 23.3. The summed E-state index contributed by atoms with van der Waals surface area (Å²) in [4.78, 5) is 11.5. The highest BCUT2D eigenvalue weighted by Crippen LogP contribution is 2.38. The molecule has 0 aliphatic rings. The number of benzene rings is 2. The van der Waals surface area contributed by atoms with Crippen LogP contribution in [-0.4, -0.2) is 12.6 Å². The Morgan fingerprint density at radius 2 is 1.57 bits per heavy atom. The number of allylic oxidation sites excluding steroid dienone is 1. The first-order chi connectivity index (χ1) is 13.9. The molecule has 162 valence electrons. The molecule has 0 heterocycles. The SMILES string of the molecule is CCOC(=O)/C=C(\C)c1cccc(COc2cc(C(F)(F)F)cc(C(F)(F)F)c2)c1. The second-order valence-electron chi connectivity index (χ2n) is 6.31. The average Bonchev–Trinajstić information content (AvgIpc) is 2.65. The smallest absolute Gasteiger partial charge is 0.416 e. The quantitative estimate of drug-likeness (QED) is 0.307. The summed E-state index contributed by atoms with van der Waals surface area (Å²) in [7, 11) is 0. The molecule has 2 rings (SSSR count). The lowest BCUT2D eigenvalue weighted by atomic mass is 10.0. The van der Waals surface area contributed by atoms with Crippen LogP contribution in [0.4, 0.5) is 26.3 Å². The Morgan fingerprint density at radius 1 is 0.967 bits per heavy atom. The third-order valence-electron chi connectivity index (χ3n) is 3.97. The van der Waals surface area contributed by atoms with Crippen molar-refractivity contribution < 1.29 is 40.6 Å². The fourth-order valence-electron chi connectivity index (χ4n) is 2.53. The van der Waals surface area contributed by atoms with Crippen molar-refractivity contribution in [2.45, 2.75) is 32.8 Å². The number of rotatable bonds is 6. The zero-order chi connectivity index (χ0) is 22.5. The van der Waals surface area contributed by atoms with Gasteiger partial charge < -0.3 is 9.47 Å². The van der Waals surface area contributed by atoms with E-state index in [0.717, 1.165) is 0 Å². The monoisotopic (exact) mass is 432 g/mol. The zero-order valence-corrected chi connectivity index (χ0v) is 16.0. The maximum absolute atomic E-state index is 12.9. The molecule has 0 aromatic heterocycles. The third kappa shape index (κ3) is 6.53. The Kier molecular flexibility index (Phi) is 7.17. The fraction of sp³-hybridized carbons (Fsp3) is 0.286. The van der Waals surface area contributed by atoms with Crippen molar-refractivity contribution in [3.63, 3.8) is 0 Å². The normalized spacial score (nSPS) is 12.6. The number of ether oxygens (including phenoxy) is 2. The van der Waals surface area contributed by atoms with Crippen LogP contribution in [0.5, 0.6) is 5.75 Å². The molecule has 0 amide bonds. The zero-order valence-electron chi connectivity index (χ0n) is 16.0. The van der Waals surface area contributed by atoms with Crippen LogP contribution in [0.3, 0.4) is 0 Å². The van der Waals surface area contributed by atoms with Gasteiger partial charge >= 0.3 is 18.3 Å². The Bertz CT molecular complexity index is 897. The molecule has 0 atom stereocenters. The molecule has 0 saturated heterocycles. The van der Waals surface area contributed by atoms with Crippen LogP contribution >= 0.6 is 0 Å². The number of esters is 1. The lowest BCUT2D eigenvalue weighted by Gasteiger charge is -2.15. The Morgan fingerprint density at radius 3 is 2.10 bits per heavy atom. The predicted octanol–water partition coefficient (Wildman–Crippen LogP) is 6.27. The molecule has 0 saturated carbocycles. The number of halogens is 6. The molecule has 0 N–H and O–H groups in total. The van der Waals surface area contributed by atoms with Gasteiger partial charge in [0.2, 0.25) is 0 Å². The van der Waals surface area contributed by atoms with E-state index in [0.29, 0.717) is 28.8 Å². The molecule has 0 aliphatic heterocycles. The summed E-state index contributed by atoms with van der Waals surface area (Å²) in [5.74, 6) is -1.08. The minimum absolute atomic E-state index is 0.0387. The lowest BCUT2D eigenvalue weighted by molar-refractivity contribution is -0.143. The molecular weight excluding hydrogens is 414 g/mol. The fourth-order valence-corrected chi connectivity index (χ4v) is 2.53. The molecule has 0 radical (unpaired) electrons. The average molecular weight is 432 g/mol. The maximum atomic E-state index is 12.9. The van der Waals surface area contributed by atoms with E-state index in [4.69, 9.17) is 9.47 Å². The van der Waals surface area contributed by atoms with Crippen LogP contribution in [-0.2, 0) is 28.5 Å². The summed E-state index contributed by atoms with van der Waals surface area (Å²) in [6, 6.07) is 7.61. The van der Waals surface area contributed by atoms with E-state index in [1.54, 1.807) is 38.1 Å². The Hall–Kier alpha value is -2.97. The largest absolute Gasteiger partial charge is 0.489 e. The maximum Gasteiger partial charge on any atom is 0.416 e. The summed E-state index contributed by atoms with van der Waals surface area (Å²) >= 11 is 0. The van der Waals surface area contributed by atoms with Crippen LogP contribution in [0.15, 0.2) is 48.5 Å². The van der Waals surface area contributed by atoms with Gasteiger partial charge in [0.05, 0.1) is 17.7 Å². The summed E-state index contributed by atoms with van der Waals surface area (Å²) in [6.45, 7) is 3.28. The highest BCUT2D eigenvalue weighted by Gasteiger charge is 2.37. The van der Waals surface area contributed by atoms with E-state index in [-0.39, 0.29) is 19.3 Å². The van der Waals surface area contributed by atoms with Crippen molar-refractivity contribution in [1.29, 1.82) is 0 Å². The third-order valence-corrected chi connectivity index (χ3v) is 3.97. The molecule has 0 fully saturated rings. The first-order valence-electron chi connectivity index (χ1n) is 8.77. The Labute approximate surface area is 168 Å². The number of hydrogen-bond donors (Lipinski definition) is 0. The van der Waals surface area contributed by atoms with Crippen LogP contribution in [0.25, 0.3) is 5.57 Å². The summed E-state index contributed by atoms with van der Waals surface area (Å²) < 4.78 is 87.6. The van der Waals surface area contributed by atoms with Gasteiger partial charge in [0, 0.05) is 6.08 Å². The lowest BCUT2D eigenvalue weighted by Crippen LogP contribution is -2.11. The van der Waals surface area contributed by atoms with Crippen molar-refractivity contribution in [2.75, 3.05) is 6.61 Å². The van der Waals surface area contributed by atoms with Crippen molar-refractivity contribution in [3.05, 3.63) is 70.8 Å². The van der Waals surface area contributed by atoms with Crippen LogP contribution in [0.1, 0.15) is 36.1 Å². The van der Waals surface area contributed by atoms with E-state index in [1.807, 2.05) is 0 Å². The van der Waals surface area contributed by atoms with Gasteiger partial charge in [-0.1, -0.05) is 18.2 Å². The van der Waals surface area contributed by atoms with Crippen LogP contribution < -0.4 is 4.74 Å². The molecule has 0 unspecified atom stereocenters. The summed E-state index contributed by atoms with van der Waals surface area (Å²) in [5.41, 5.74) is -1.20. The highest BCUT2D eigenvalue weighted by molar-refractivity contribution is 5.90. The van der Waals surface area contributed by atoms with Crippen LogP contribution in [0, 0.1) is 0 Å². The number of carbonyl (C=O) groups is 1. The molecular formula is C21H18F6O3. The van der Waals surface area contributed by atoms with E-state index in [1.165, 1.54) is 6.08 Å². The molecule has 3 nitrogen and oxygen atoms in total. The van der Waals surface area contributed by atoms with Gasteiger partial charge in [0.1, 0.15) is 12.4 Å². The van der Waals surface area contributed by atoms with E-state index >= 15 is 0 Å². The van der Waals surface area contributed by atoms with Gasteiger partial charge in [0.25, 0.3) is 0 Å². The number of carbonyl (C=O) groups excluding carboxylic acids is 1. The van der Waals surface area contributed by atoms with E-state index in [2.05, 4.69) is 0 Å². The number of hydrogen-bond acceptors (Lipinski definition) is 3. The van der Waals surface area contributed by atoms with Crippen molar-refractivity contribution in [3.8, 4) is 5.75 Å². The second kappa shape index (κ2) is 9.23. The van der Waals surface area contributed by atoms with Crippen molar-refractivity contribution in [1.82, 2.24) is 0 Å². The molecule has 2 aromatic rings. The van der Waals surface area contributed by atoms with Crippen LogP contribution in [0.2, 0.25) is 0 Å². The topological polar surface area (TPSA) is 35.5 Å². The Balaban J connectivity index is 2.24. The molecule has 0 spiro atoms. The second-order valence-corrected chi connectivity index (χ2v) is 6.31. The summed E-state index contributed by atoms with van der Waals surface area (Å²) in [5, 5.41) is 0. The first-order valence-corrected chi connectivity index (χ1v) is 8.77. The van der Waals surface area contributed by atoms with Gasteiger partial charge in [-0.05, 0) is 54.8 Å². The summed E-state index contributed by atoms with van der Waals surface area (Å²) in [6.07, 6.45) is -8.62. The highest BCUT2D eigenvalue weighted by atomic mass is 19.4. The molecule has 0 bridgehead atoms. The minimum Gasteiger partial charge on any atom is -0.489 e. The van der Waals surface area contributed by atoms with Gasteiger partial charge in [-0.2, -0.15) is 26.3 Å². The van der Waals surface area contributed by atoms with Gasteiger partial charge in [0.15, 0.2) is 0 Å². The predicted molar refractivity (Wildman–Crippen MR) is 97.5 cm³/mol. The van der Waals surface area contributed by atoms with E-state index < -0.39 is 35.2 Å². The molecule has 9 heteroatoms. The standard InChI is InChI=1S/C21H18F6O3/c1-3-29-19(28)7-13(2)15-6-4-5-14(8-15)12-30-18-10-16(20(22,23)24)9-17(11-18)21(25,26)27/h4-11H,3,12H2,1-2H3/b13-7+. The van der Waals surface area contributed by atoms with E-state index in [9.17, 15) is 31.1 Å². The van der Waals surface area contributed by atoms with Gasteiger partial charge in [-0.15, -0.1) is 0 Å². The molecule has 2 aromatic carbocycles. The minimum atomic E-state index is -4.95. The molecule has 30 heavy (non-hydrogen) atoms. The van der Waals surface area contributed by atoms with Gasteiger partial charge in [-0.3, -0.25) is 0 Å². The van der Waals surface area contributed by atoms with Crippen molar-refractivity contribution in [2.24, 2.45) is 0 Å². The van der Waals surface area contributed by atoms with Crippen molar-refractivity contribution >= 4 is 11.5 Å². The van der Waals surface area contributed by atoms with Gasteiger partial charge in [-0.25, -0.2) is 4.79 Å².